The number of benzene rings is 2. The van der Waals surface area contributed by atoms with Gasteiger partial charge in [-0.2, -0.15) is 0 Å². The first-order valence-corrected chi connectivity index (χ1v) is 9.62. The van der Waals surface area contributed by atoms with Crippen LogP contribution in [0.4, 0.5) is 11.4 Å². The highest BCUT2D eigenvalue weighted by Gasteiger charge is 2.20. The summed E-state index contributed by atoms with van der Waals surface area (Å²) >= 11 is 0. The normalized spacial score (nSPS) is 14.4. The van der Waals surface area contributed by atoms with Crippen LogP contribution < -0.4 is 15.0 Å². The van der Waals surface area contributed by atoms with Crippen molar-refractivity contribution in [2.75, 3.05) is 57.2 Å². The number of nitrogens with zero attached hydrogens (tertiary/aromatic N) is 2. The van der Waals surface area contributed by atoms with E-state index in [0.29, 0.717) is 17.0 Å². The third-order valence-electron chi connectivity index (χ3n) is 4.99. The second-order valence-electron chi connectivity index (χ2n) is 7.12. The number of methoxy groups -OCH3 is 1. The summed E-state index contributed by atoms with van der Waals surface area (Å²) in [5.74, 6) is -0.0579. The summed E-state index contributed by atoms with van der Waals surface area (Å²) in [5.41, 5.74) is 2.82. The molecule has 3 rings (SSSR count). The van der Waals surface area contributed by atoms with Gasteiger partial charge in [-0.25, -0.2) is 4.79 Å². The van der Waals surface area contributed by atoms with Crippen molar-refractivity contribution in [3.05, 3.63) is 53.6 Å². The first-order chi connectivity index (χ1) is 14.0. The maximum atomic E-state index is 12.6. The van der Waals surface area contributed by atoms with Crippen LogP contribution >= 0.6 is 0 Å². The lowest BCUT2D eigenvalue weighted by Gasteiger charge is -2.35. The summed E-state index contributed by atoms with van der Waals surface area (Å²) in [6.45, 7) is 5.37. The summed E-state index contributed by atoms with van der Waals surface area (Å²) in [6.07, 6.45) is 0. The first kappa shape index (κ1) is 20.7. The standard InChI is InChI=1S/C22H27N3O4/c1-16-6-4-5-7-20(16)29-15-21(26)23-18-14-17(22(27)28-3)8-9-19(18)25-12-10-24(2)11-13-25/h4-9,14H,10-13,15H2,1-3H3,(H,23,26). The van der Waals surface area contributed by atoms with Crippen LogP contribution in [0.25, 0.3) is 0 Å². The Labute approximate surface area is 171 Å². The van der Waals surface area contributed by atoms with Crippen LogP contribution in [-0.4, -0.2) is 63.7 Å². The highest BCUT2D eigenvalue weighted by molar-refractivity contribution is 5.98. The van der Waals surface area contributed by atoms with Gasteiger partial charge < -0.3 is 24.6 Å². The van der Waals surface area contributed by atoms with E-state index in [0.717, 1.165) is 37.4 Å². The first-order valence-electron chi connectivity index (χ1n) is 9.62. The molecular formula is C22H27N3O4. The Balaban J connectivity index is 1.76. The minimum absolute atomic E-state index is 0.116. The number of anilines is 2. The maximum Gasteiger partial charge on any atom is 0.337 e. The van der Waals surface area contributed by atoms with E-state index in [1.165, 1.54) is 7.11 Å². The lowest BCUT2D eigenvalue weighted by molar-refractivity contribution is -0.118. The average molecular weight is 397 g/mol. The third kappa shape index (κ3) is 5.26. The fraction of sp³-hybridized carbons (Fsp3) is 0.364. The number of esters is 1. The Morgan fingerprint density at radius 3 is 2.48 bits per heavy atom. The van der Waals surface area contributed by atoms with E-state index in [1.807, 2.05) is 37.3 Å². The van der Waals surface area contributed by atoms with Crippen LogP contribution in [0, 0.1) is 6.92 Å². The zero-order valence-corrected chi connectivity index (χ0v) is 17.1. The molecule has 1 fully saturated rings. The number of carbonyl (C=O) groups excluding carboxylic acids is 2. The molecule has 0 aliphatic carbocycles. The van der Waals surface area contributed by atoms with Gasteiger partial charge in [0.05, 0.1) is 24.0 Å². The lowest BCUT2D eigenvalue weighted by Crippen LogP contribution is -2.44. The maximum absolute atomic E-state index is 12.6. The molecule has 7 heteroatoms. The Hall–Kier alpha value is -3.06. The number of carbonyl (C=O) groups is 2. The van der Waals surface area contributed by atoms with Crippen molar-refractivity contribution in [3.63, 3.8) is 0 Å². The molecule has 1 N–H and O–H groups in total. The number of para-hydroxylation sites is 1. The van der Waals surface area contributed by atoms with Crippen LogP contribution in [0.1, 0.15) is 15.9 Å². The van der Waals surface area contributed by atoms with E-state index < -0.39 is 5.97 Å². The SMILES string of the molecule is COC(=O)c1ccc(N2CCN(C)CC2)c(NC(=O)COc2ccccc2C)c1. The van der Waals surface area contributed by atoms with Gasteiger partial charge in [-0.3, -0.25) is 4.79 Å². The molecule has 0 unspecified atom stereocenters. The van der Waals surface area contributed by atoms with Crippen molar-refractivity contribution < 1.29 is 19.1 Å². The Morgan fingerprint density at radius 2 is 1.79 bits per heavy atom. The number of rotatable bonds is 6. The summed E-state index contributed by atoms with van der Waals surface area (Å²) in [5, 5.41) is 2.90. The highest BCUT2D eigenvalue weighted by atomic mass is 16.5. The smallest absolute Gasteiger partial charge is 0.337 e. The molecule has 7 nitrogen and oxygen atoms in total. The molecule has 0 bridgehead atoms. The number of nitrogens with one attached hydrogen (secondary N) is 1. The molecule has 1 heterocycles. The molecule has 29 heavy (non-hydrogen) atoms. The monoisotopic (exact) mass is 397 g/mol. The number of hydrogen-bond donors (Lipinski definition) is 1. The molecule has 2 aromatic carbocycles. The van der Waals surface area contributed by atoms with E-state index in [-0.39, 0.29) is 12.5 Å². The number of aryl methyl sites for hydroxylation is 1. The minimum Gasteiger partial charge on any atom is -0.483 e. The topological polar surface area (TPSA) is 71.1 Å². The quantitative estimate of drug-likeness (QED) is 0.756. The van der Waals surface area contributed by atoms with Gasteiger partial charge in [-0.05, 0) is 43.8 Å². The van der Waals surface area contributed by atoms with Crippen molar-refractivity contribution >= 4 is 23.3 Å². The molecule has 1 amide bonds. The molecule has 154 valence electrons. The fourth-order valence-electron chi connectivity index (χ4n) is 3.25. The summed E-state index contributed by atoms with van der Waals surface area (Å²) in [7, 11) is 3.42. The second kappa shape index (κ2) is 9.43. The summed E-state index contributed by atoms with van der Waals surface area (Å²) < 4.78 is 10.5. The summed E-state index contributed by atoms with van der Waals surface area (Å²) in [6, 6.07) is 12.8. The number of piperazine rings is 1. The van der Waals surface area contributed by atoms with Crippen molar-refractivity contribution in [2.45, 2.75) is 6.92 Å². The zero-order valence-electron chi connectivity index (χ0n) is 17.1. The molecule has 0 spiro atoms. The molecule has 0 saturated carbocycles. The molecule has 1 aliphatic rings. The van der Waals surface area contributed by atoms with Crippen LogP contribution in [0.15, 0.2) is 42.5 Å². The van der Waals surface area contributed by atoms with Crippen LogP contribution in [0.2, 0.25) is 0 Å². The molecule has 2 aromatic rings. The van der Waals surface area contributed by atoms with Crippen LogP contribution in [0.3, 0.4) is 0 Å². The van der Waals surface area contributed by atoms with E-state index in [2.05, 4.69) is 22.2 Å². The summed E-state index contributed by atoms with van der Waals surface area (Å²) in [4.78, 5) is 29.0. The highest BCUT2D eigenvalue weighted by Crippen LogP contribution is 2.29. The number of hydrogen-bond acceptors (Lipinski definition) is 6. The fourth-order valence-corrected chi connectivity index (χ4v) is 3.25. The van der Waals surface area contributed by atoms with Crippen molar-refractivity contribution in [3.8, 4) is 5.75 Å². The van der Waals surface area contributed by atoms with Crippen molar-refractivity contribution in [1.82, 2.24) is 4.90 Å². The van der Waals surface area contributed by atoms with Gasteiger partial charge in [0, 0.05) is 26.2 Å². The van der Waals surface area contributed by atoms with Gasteiger partial charge >= 0.3 is 5.97 Å². The number of ether oxygens (including phenoxy) is 2. The predicted octanol–water partition coefficient (Wildman–Crippen LogP) is 2.55. The van der Waals surface area contributed by atoms with Gasteiger partial charge in [0.25, 0.3) is 5.91 Å². The van der Waals surface area contributed by atoms with Gasteiger partial charge in [-0.1, -0.05) is 18.2 Å². The molecule has 0 aromatic heterocycles. The van der Waals surface area contributed by atoms with Gasteiger partial charge in [0.15, 0.2) is 6.61 Å². The molecule has 1 aliphatic heterocycles. The minimum atomic E-state index is -0.443. The van der Waals surface area contributed by atoms with Crippen molar-refractivity contribution in [1.29, 1.82) is 0 Å². The third-order valence-corrected chi connectivity index (χ3v) is 4.99. The van der Waals surface area contributed by atoms with Crippen LogP contribution in [-0.2, 0) is 9.53 Å². The zero-order chi connectivity index (χ0) is 20.8. The largest absolute Gasteiger partial charge is 0.483 e. The van der Waals surface area contributed by atoms with Crippen LogP contribution in [0.5, 0.6) is 5.75 Å². The lowest BCUT2D eigenvalue weighted by atomic mass is 10.1. The molecule has 0 radical (unpaired) electrons. The average Bonchev–Trinajstić information content (AvgIpc) is 2.73. The van der Waals surface area contributed by atoms with Gasteiger partial charge in [0.2, 0.25) is 0 Å². The number of likely N-dealkylation sites (N-methyl/N-ethyl adjacent to an activating group) is 1. The van der Waals surface area contributed by atoms with Gasteiger partial charge in [0.1, 0.15) is 5.75 Å². The second-order valence-corrected chi connectivity index (χ2v) is 7.12. The molecular weight excluding hydrogens is 370 g/mol. The van der Waals surface area contributed by atoms with E-state index in [9.17, 15) is 9.59 Å². The Bertz CT molecular complexity index is 876. The number of amides is 1. The molecule has 1 saturated heterocycles. The van der Waals surface area contributed by atoms with E-state index in [4.69, 9.17) is 9.47 Å². The Kier molecular flexibility index (Phi) is 6.72. The van der Waals surface area contributed by atoms with Gasteiger partial charge in [-0.15, -0.1) is 0 Å². The van der Waals surface area contributed by atoms with E-state index in [1.54, 1.807) is 12.1 Å². The van der Waals surface area contributed by atoms with E-state index >= 15 is 0 Å². The predicted molar refractivity (Wildman–Crippen MR) is 113 cm³/mol. The Morgan fingerprint density at radius 1 is 1.07 bits per heavy atom. The van der Waals surface area contributed by atoms with Crippen molar-refractivity contribution in [2.24, 2.45) is 0 Å². The molecule has 0 atom stereocenters.